The number of nitrogens with one attached hydrogen (secondary N) is 2. The average Bonchev–Trinajstić information content (AvgIpc) is 2.62. The Labute approximate surface area is 167 Å². The smallest absolute Gasteiger partial charge is 0.240 e. The highest BCUT2D eigenvalue weighted by atomic mass is 35.5. The monoisotopic (exact) mass is 404 g/mol. The first-order valence-electron chi connectivity index (χ1n) is 8.18. The number of carbonyl (C=O) groups is 2. The minimum atomic E-state index is -0.275. The van der Waals surface area contributed by atoms with Gasteiger partial charge in [0.25, 0.3) is 0 Å². The standard InChI is InChI=1S/C19H18Cl2N4O2/c20-16-6-1-4-14(10-16)12-22-24-18(26)8-3-9-19(27)25-23-13-15-5-2-7-17(21)11-15/h1-2,4-7,10-13H,3,8-9H2,(H,24,26)(H,25,27)/b22-12-,23-13-. The summed E-state index contributed by atoms with van der Waals surface area (Å²) in [6, 6.07) is 14.2. The Morgan fingerprint density at radius 3 is 1.67 bits per heavy atom. The van der Waals surface area contributed by atoms with E-state index in [1.807, 2.05) is 12.1 Å². The number of carbonyl (C=O) groups excluding carboxylic acids is 2. The van der Waals surface area contributed by atoms with Gasteiger partial charge >= 0.3 is 0 Å². The fraction of sp³-hybridized carbons (Fsp3) is 0.158. The number of amides is 2. The van der Waals surface area contributed by atoms with Crippen LogP contribution in [0.3, 0.4) is 0 Å². The summed E-state index contributed by atoms with van der Waals surface area (Å²) in [5, 5.41) is 8.89. The van der Waals surface area contributed by atoms with Crippen molar-refractivity contribution in [3.05, 3.63) is 69.7 Å². The lowest BCUT2D eigenvalue weighted by Gasteiger charge is -2.01. The maximum Gasteiger partial charge on any atom is 0.240 e. The minimum absolute atomic E-state index is 0.179. The van der Waals surface area contributed by atoms with Crippen molar-refractivity contribution in [3.8, 4) is 0 Å². The van der Waals surface area contributed by atoms with Crippen LogP contribution >= 0.6 is 23.2 Å². The second-order valence-electron chi connectivity index (χ2n) is 5.55. The van der Waals surface area contributed by atoms with Crippen molar-refractivity contribution in [2.75, 3.05) is 0 Å². The van der Waals surface area contributed by atoms with E-state index in [0.717, 1.165) is 11.1 Å². The van der Waals surface area contributed by atoms with Crippen LogP contribution < -0.4 is 10.9 Å². The Morgan fingerprint density at radius 1 is 0.815 bits per heavy atom. The summed E-state index contributed by atoms with van der Waals surface area (Å²) in [4.78, 5) is 23.4. The van der Waals surface area contributed by atoms with Crippen LogP contribution in [0.4, 0.5) is 0 Å². The molecule has 0 heterocycles. The molecule has 0 spiro atoms. The van der Waals surface area contributed by atoms with Crippen LogP contribution in [0.15, 0.2) is 58.7 Å². The maximum atomic E-state index is 11.7. The molecule has 0 atom stereocenters. The van der Waals surface area contributed by atoms with Gasteiger partial charge in [-0.05, 0) is 41.8 Å². The molecule has 0 radical (unpaired) electrons. The molecule has 2 aromatic rings. The van der Waals surface area contributed by atoms with Gasteiger partial charge in [-0.15, -0.1) is 0 Å². The highest BCUT2D eigenvalue weighted by molar-refractivity contribution is 6.31. The predicted molar refractivity (Wildman–Crippen MR) is 108 cm³/mol. The Balaban J connectivity index is 1.63. The molecule has 0 aliphatic carbocycles. The van der Waals surface area contributed by atoms with Crippen LogP contribution in [0.5, 0.6) is 0 Å². The van der Waals surface area contributed by atoms with Crippen molar-refractivity contribution in [2.45, 2.75) is 19.3 Å². The molecule has 0 unspecified atom stereocenters. The molecule has 2 amide bonds. The molecule has 0 aliphatic heterocycles. The Hall–Kier alpha value is -2.70. The summed E-state index contributed by atoms with van der Waals surface area (Å²) in [6.45, 7) is 0. The van der Waals surface area contributed by atoms with Gasteiger partial charge < -0.3 is 0 Å². The lowest BCUT2D eigenvalue weighted by molar-refractivity contribution is -0.122. The fourth-order valence-corrected chi connectivity index (χ4v) is 2.45. The molecule has 2 N–H and O–H groups in total. The third kappa shape index (κ3) is 8.48. The quantitative estimate of drug-likeness (QED) is 0.518. The first kappa shape index (κ1) is 20.6. The van der Waals surface area contributed by atoms with Gasteiger partial charge in [-0.1, -0.05) is 47.5 Å². The SMILES string of the molecule is O=C(CCCC(=O)N/N=C\c1cccc(Cl)c1)N/N=C\c1cccc(Cl)c1. The van der Waals surface area contributed by atoms with E-state index < -0.39 is 0 Å². The summed E-state index contributed by atoms with van der Waals surface area (Å²) < 4.78 is 0. The highest BCUT2D eigenvalue weighted by Gasteiger charge is 2.04. The summed E-state index contributed by atoms with van der Waals surface area (Å²) in [7, 11) is 0. The van der Waals surface area contributed by atoms with Crippen LogP contribution in [0.1, 0.15) is 30.4 Å². The molecule has 27 heavy (non-hydrogen) atoms. The third-order valence-electron chi connectivity index (χ3n) is 3.31. The Kier molecular flexibility index (Phi) is 8.48. The van der Waals surface area contributed by atoms with Crippen LogP contribution in [-0.2, 0) is 9.59 Å². The molecule has 0 bridgehead atoms. The third-order valence-corrected chi connectivity index (χ3v) is 3.78. The molecule has 0 aromatic heterocycles. The number of benzene rings is 2. The summed E-state index contributed by atoms with van der Waals surface area (Å²) in [5.41, 5.74) is 6.37. The molecule has 2 rings (SSSR count). The van der Waals surface area contributed by atoms with Gasteiger partial charge in [0.1, 0.15) is 0 Å². The van der Waals surface area contributed by atoms with E-state index in [9.17, 15) is 9.59 Å². The van der Waals surface area contributed by atoms with Crippen LogP contribution in [0, 0.1) is 0 Å². The van der Waals surface area contributed by atoms with Gasteiger partial charge in [0.05, 0.1) is 12.4 Å². The van der Waals surface area contributed by atoms with Crippen LogP contribution in [-0.4, -0.2) is 24.2 Å². The molecule has 8 heteroatoms. The number of hydrogen-bond donors (Lipinski definition) is 2. The Bertz CT molecular complexity index is 784. The molecular formula is C19H18Cl2N4O2. The zero-order valence-electron chi connectivity index (χ0n) is 14.4. The van der Waals surface area contributed by atoms with Crippen molar-refractivity contribution in [2.24, 2.45) is 10.2 Å². The van der Waals surface area contributed by atoms with Gasteiger partial charge in [0.2, 0.25) is 11.8 Å². The molecule has 0 fully saturated rings. The number of halogens is 2. The van der Waals surface area contributed by atoms with Crippen molar-refractivity contribution in [3.63, 3.8) is 0 Å². The van der Waals surface area contributed by atoms with Gasteiger partial charge in [-0.25, -0.2) is 10.9 Å². The van der Waals surface area contributed by atoms with Crippen LogP contribution in [0.2, 0.25) is 10.0 Å². The number of rotatable bonds is 8. The van der Waals surface area contributed by atoms with E-state index in [2.05, 4.69) is 21.1 Å². The lowest BCUT2D eigenvalue weighted by atomic mass is 10.2. The van der Waals surface area contributed by atoms with Crippen molar-refractivity contribution < 1.29 is 9.59 Å². The van der Waals surface area contributed by atoms with E-state index in [-0.39, 0.29) is 24.7 Å². The predicted octanol–water partition coefficient (Wildman–Crippen LogP) is 3.76. The summed E-state index contributed by atoms with van der Waals surface area (Å²) in [5.74, 6) is -0.549. The molecule has 6 nitrogen and oxygen atoms in total. The second-order valence-corrected chi connectivity index (χ2v) is 6.42. The first-order valence-corrected chi connectivity index (χ1v) is 8.93. The van der Waals surface area contributed by atoms with Crippen LogP contribution in [0.25, 0.3) is 0 Å². The normalized spacial score (nSPS) is 11.0. The topological polar surface area (TPSA) is 82.9 Å². The lowest BCUT2D eigenvalue weighted by Crippen LogP contribution is -2.20. The molecule has 0 aliphatic rings. The minimum Gasteiger partial charge on any atom is -0.273 e. The Morgan fingerprint density at radius 2 is 1.26 bits per heavy atom. The van der Waals surface area contributed by atoms with E-state index in [0.29, 0.717) is 16.5 Å². The van der Waals surface area contributed by atoms with Crippen molar-refractivity contribution in [1.82, 2.24) is 10.9 Å². The van der Waals surface area contributed by atoms with E-state index >= 15 is 0 Å². The fourth-order valence-electron chi connectivity index (χ4n) is 2.05. The van der Waals surface area contributed by atoms with E-state index in [1.54, 1.807) is 36.4 Å². The highest BCUT2D eigenvalue weighted by Crippen LogP contribution is 2.09. The summed E-state index contributed by atoms with van der Waals surface area (Å²) >= 11 is 11.7. The van der Waals surface area contributed by atoms with E-state index in [1.165, 1.54) is 12.4 Å². The zero-order valence-corrected chi connectivity index (χ0v) is 15.9. The molecule has 0 saturated carbocycles. The van der Waals surface area contributed by atoms with Gasteiger partial charge in [0, 0.05) is 22.9 Å². The first-order chi connectivity index (χ1) is 13.0. The number of nitrogens with zero attached hydrogens (tertiary/aromatic N) is 2. The molecule has 2 aromatic carbocycles. The molecule has 140 valence electrons. The molecular weight excluding hydrogens is 387 g/mol. The van der Waals surface area contributed by atoms with E-state index in [4.69, 9.17) is 23.2 Å². The largest absolute Gasteiger partial charge is 0.273 e. The summed E-state index contributed by atoms with van der Waals surface area (Å²) in [6.07, 6.45) is 3.75. The number of hydrazone groups is 2. The van der Waals surface area contributed by atoms with Gasteiger partial charge in [-0.3, -0.25) is 9.59 Å². The average molecular weight is 405 g/mol. The maximum absolute atomic E-state index is 11.7. The molecule has 0 saturated heterocycles. The van der Waals surface area contributed by atoms with Gasteiger partial charge in [-0.2, -0.15) is 10.2 Å². The second kappa shape index (κ2) is 11.1. The number of hydrogen-bond acceptors (Lipinski definition) is 4. The van der Waals surface area contributed by atoms with Crippen molar-refractivity contribution in [1.29, 1.82) is 0 Å². The zero-order chi connectivity index (χ0) is 19.5. The van der Waals surface area contributed by atoms with Gasteiger partial charge in [0.15, 0.2) is 0 Å². The van der Waals surface area contributed by atoms with Crippen molar-refractivity contribution >= 4 is 47.4 Å².